The zero-order valence-electron chi connectivity index (χ0n) is 12.8. The normalized spacial score (nSPS) is 12.4. The average molecular weight is 287 g/mol. The van der Waals surface area contributed by atoms with Crippen LogP contribution >= 0.6 is 11.6 Å². The molecule has 19 heavy (non-hydrogen) atoms. The summed E-state index contributed by atoms with van der Waals surface area (Å²) in [7, 11) is 4.14. The Bertz CT molecular complexity index is 385. The van der Waals surface area contributed by atoms with Crippen LogP contribution in [0.15, 0.2) is 6.20 Å². The van der Waals surface area contributed by atoms with Crippen molar-refractivity contribution in [2.24, 2.45) is 0 Å². The number of nitrogens with zero attached hydrogens (tertiary/aromatic N) is 3. The fourth-order valence-corrected chi connectivity index (χ4v) is 2.59. The summed E-state index contributed by atoms with van der Waals surface area (Å²) in [6.07, 6.45) is 2.82. The maximum absolute atomic E-state index is 6.34. The minimum atomic E-state index is 0.0298. The highest BCUT2D eigenvalue weighted by Crippen LogP contribution is 2.32. The van der Waals surface area contributed by atoms with Crippen LogP contribution in [0.5, 0.6) is 0 Å². The SMILES string of the molecule is CCNCCC(C)(C)c1c(Cl)cnn1CCN(C)C. The lowest BCUT2D eigenvalue weighted by molar-refractivity contribution is 0.350. The minimum Gasteiger partial charge on any atom is -0.317 e. The van der Waals surface area contributed by atoms with Crippen LogP contribution in [0.4, 0.5) is 0 Å². The molecule has 1 aromatic heterocycles. The Hall–Kier alpha value is -0.580. The quantitative estimate of drug-likeness (QED) is 0.745. The maximum atomic E-state index is 6.34. The van der Waals surface area contributed by atoms with E-state index in [1.807, 2.05) is 4.68 Å². The van der Waals surface area contributed by atoms with Crippen LogP contribution < -0.4 is 5.32 Å². The summed E-state index contributed by atoms with van der Waals surface area (Å²) in [5, 5.41) is 8.57. The van der Waals surface area contributed by atoms with E-state index in [0.29, 0.717) is 0 Å². The lowest BCUT2D eigenvalue weighted by atomic mass is 9.85. The fraction of sp³-hybridized carbons (Fsp3) is 0.786. The largest absolute Gasteiger partial charge is 0.317 e. The molecule has 1 rings (SSSR count). The molecule has 110 valence electrons. The van der Waals surface area contributed by atoms with Crippen molar-refractivity contribution in [2.75, 3.05) is 33.7 Å². The van der Waals surface area contributed by atoms with Gasteiger partial charge < -0.3 is 10.2 Å². The first kappa shape index (κ1) is 16.5. The topological polar surface area (TPSA) is 33.1 Å². The summed E-state index contributed by atoms with van der Waals surface area (Å²) >= 11 is 6.34. The molecule has 0 unspecified atom stereocenters. The molecule has 1 aromatic rings. The molecule has 0 aliphatic carbocycles. The first-order valence-electron chi connectivity index (χ1n) is 6.95. The predicted molar refractivity (Wildman–Crippen MR) is 82.0 cm³/mol. The molecule has 1 N–H and O–H groups in total. The van der Waals surface area contributed by atoms with Gasteiger partial charge in [0.2, 0.25) is 0 Å². The van der Waals surface area contributed by atoms with Gasteiger partial charge in [-0.05, 0) is 33.6 Å². The first-order chi connectivity index (χ1) is 8.88. The van der Waals surface area contributed by atoms with E-state index in [1.54, 1.807) is 6.20 Å². The number of halogens is 1. The van der Waals surface area contributed by atoms with Gasteiger partial charge in [-0.1, -0.05) is 32.4 Å². The molecule has 1 heterocycles. The Morgan fingerprint density at radius 3 is 2.68 bits per heavy atom. The van der Waals surface area contributed by atoms with Crippen molar-refractivity contribution in [3.05, 3.63) is 16.9 Å². The Labute approximate surface area is 122 Å². The Morgan fingerprint density at radius 2 is 2.11 bits per heavy atom. The van der Waals surface area contributed by atoms with E-state index in [4.69, 9.17) is 11.6 Å². The van der Waals surface area contributed by atoms with E-state index in [1.165, 1.54) is 0 Å². The van der Waals surface area contributed by atoms with Crippen molar-refractivity contribution >= 4 is 11.6 Å². The molecule has 0 fully saturated rings. The van der Waals surface area contributed by atoms with E-state index in [0.717, 1.165) is 43.3 Å². The average Bonchev–Trinajstić information content (AvgIpc) is 2.68. The van der Waals surface area contributed by atoms with Gasteiger partial charge in [0.15, 0.2) is 0 Å². The number of rotatable bonds is 8. The van der Waals surface area contributed by atoms with Crippen LogP contribution in [-0.4, -0.2) is 48.4 Å². The van der Waals surface area contributed by atoms with Crippen molar-refractivity contribution < 1.29 is 0 Å². The summed E-state index contributed by atoms with van der Waals surface area (Å²) in [6.45, 7) is 10.4. The molecule has 0 aliphatic heterocycles. The summed E-state index contributed by atoms with van der Waals surface area (Å²) in [5.41, 5.74) is 1.18. The second kappa shape index (κ2) is 7.27. The third kappa shape index (κ3) is 4.79. The monoisotopic (exact) mass is 286 g/mol. The third-order valence-corrected chi connectivity index (χ3v) is 3.65. The van der Waals surface area contributed by atoms with E-state index in [9.17, 15) is 0 Å². The van der Waals surface area contributed by atoms with Gasteiger partial charge in [-0.25, -0.2) is 0 Å². The molecule has 0 bridgehead atoms. The molecule has 0 saturated carbocycles. The zero-order valence-corrected chi connectivity index (χ0v) is 13.6. The third-order valence-electron chi connectivity index (χ3n) is 3.37. The second-order valence-electron chi connectivity index (χ2n) is 5.85. The summed E-state index contributed by atoms with van der Waals surface area (Å²) in [5.74, 6) is 0. The van der Waals surface area contributed by atoms with Gasteiger partial charge in [-0.15, -0.1) is 0 Å². The van der Waals surface area contributed by atoms with Crippen LogP contribution in [-0.2, 0) is 12.0 Å². The van der Waals surface area contributed by atoms with E-state index < -0.39 is 0 Å². The molecule has 4 nitrogen and oxygen atoms in total. The lowest BCUT2D eigenvalue weighted by Crippen LogP contribution is -2.30. The van der Waals surface area contributed by atoms with Gasteiger partial charge in [0.25, 0.3) is 0 Å². The highest BCUT2D eigenvalue weighted by atomic mass is 35.5. The standard InChI is InChI=1S/C14H27ClN4/c1-6-16-8-7-14(2,3)13-12(15)11-17-19(13)10-9-18(4)5/h11,16H,6-10H2,1-5H3. The predicted octanol–water partition coefficient (Wildman–Crippen LogP) is 2.38. The maximum Gasteiger partial charge on any atom is 0.0823 e. The van der Waals surface area contributed by atoms with E-state index in [2.05, 4.69) is 50.2 Å². The molecule has 0 saturated heterocycles. The Balaban J connectivity index is 2.81. The van der Waals surface area contributed by atoms with Crippen LogP contribution in [0.1, 0.15) is 32.9 Å². The molecule has 0 spiro atoms. The molecule has 0 radical (unpaired) electrons. The van der Waals surface area contributed by atoms with Crippen molar-refractivity contribution in [1.82, 2.24) is 20.0 Å². The highest BCUT2D eigenvalue weighted by Gasteiger charge is 2.27. The van der Waals surface area contributed by atoms with Crippen LogP contribution in [0.2, 0.25) is 5.02 Å². The van der Waals surface area contributed by atoms with Gasteiger partial charge >= 0.3 is 0 Å². The lowest BCUT2D eigenvalue weighted by Gasteiger charge is -2.27. The van der Waals surface area contributed by atoms with Gasteiger partial charge in [-0.3, -0.25) is 4.68 Å². The fourth-order valence-electron chi connectivity index (χ4n) is 2.20. The number of hydrogen-bond acceptors (Lipinski definition) is 3. The van der Waals surface area contributed by atoms with Crippen LogP contribution in [0.25, 0.3) is 0 Å². The van der Waals surface area contributed by atoms with Crippen LogP contribution in [0.3, 0.4) is 0 Å². The van der Waals surface area contributed by atoms with Crippen molar-refractivity contribution in [2.45, 2.75) is 39.2 Å². The van der Waals surface area contributed by atoms with Gasteiger partial charge in [-0.2, -0.15) is 5.10 Å². The van der Waals surface area contributed by atoms with Crippen molar-refractivity contribution in [1.29, 1.82) is 0 Å². The highest BCUT2D eigenvalue weighted by molar-refractivity contribution is 6.31. The second-order valence-corrected chi connectivity index (χ2v) is 6.26. The van der Waals surface area contributed by atoms with Gasteiger partial charge in [0.1, 0.15) is 0 Å². The Morgan fingerprint density at radius 1 is 1.42 bits per heavy atom. The molecular formula is C14H27ClN4. The molecule has 5 heteroatoms. The molecular weight excluding hydrogens is 260 g/mol. The smallest absolute Gasteiger partial charge is 0.0823 e. The Kier molecular flexibility index (Phi) is 6.30. The van der Waals surface area contributed by atoms with Gasteiger partial charge in [0.05, 0.1) is 23.5 Å². The summed E-state index contributed by atoms with van der Waals surface area (Å²) in [4.78, 5) is 2.16. The number of likely N-dealkylation sites (N-methyl/N-ethyl adjacent to an activating group) is 1. The van der Waals surface area contributed by atoms with E-state index >= 15 is 0 Å². The number of hydrogen-bond donors (Lipinski definition) is 1. The molecule has 0 atom stereocenters. The van der Waals surface area contributed by atoms with Gasteiger partial charge in [0, 0.05) is 12.0 Å². The van der Waals surface area contributed by atoms with Crippen LogP contribution in [0, 0.1) is 0 Å². The molecule has 0 aromatic carbocycles. The zero-order chi connectivity index (χ0) is 14.5. The summed E-state index contributed by atoms with van der Waals surface area (Å²) in [6, 6.07) is 0. The minimum absolute atomic E-state index is 0.0298. The van der Waals surface area contributed by atoms with E-state index in [-0.39, 0.29) is 5.41 Å². The van der Waals surface area contributed by atoms with Crippen molar-refractivity contribution in [3.8, 4) is 0 Å². The first-order valence-corrected chi connectivity index (χ1v) is 7.33. The number of aromatic nitrogens is 2. The molecule has 0 aliphatic rings. The molecule has 0 amide bonds. The van der Waals surface area contributed by atoms with Crippen molar-refractivity contribution in [3.63, 3.8) is 0 Å². The number of nitrogens with one attached hydrogen (secondary N) is 1. The summed E-state index contributed by atoms with van der Waals surface area (Å²) < 4.78 is 2.05.